The van der Waals surface area contributed by atoms with Crippen LogP contribution >= 0.6 is 23.3 Å². The quantitative estimate of drug-likeness (QED) is 0.654. The van der Waals surface area contributed by atoms with Gasteiger partial charge in [-0.15, -0.1) is 0 Å². The fourth-order valence-corrected chi connectivity index (χ4v) is 7.81. The third kappa shape index (κ3) is 3.87. The second kappa shape index (κ2) is 7.64. The van der Waals surface area contributed by atoms with Crippen molar-refractivity contribution in [2.24, 2.45) is 17.3 Å². The normalized spacial score (nSPS) is 31.5. The summed E-state index contributed by atoms with van der Waals surface area (Å²) in [7, 11) is 0. The zero-order valence-corrected chi connectivity index (χ0v) is 18.7. The molecule has 1 aromatic carbocycles. The molecule has 2 N–H and O–H groups in total. The lowest BCUT2D eigenvalue weighted by Gasteiger charge is -2.61. The van der Waals surface area contributed by atoms with E-state index < -0.39 is 5.41 Å². The molecule has 0 saturated heterocycles. The maximum Gasteiger partial charge on any atom is 0.232 e. The molecule has 0 aliphatic heterocycles. The van der Waals surface area contributed by atoms with Gasteiger partial charge in [0, 0.05) is 29.7 Å². The lowest BCUT2D eigenvalue weighted by Crippen LogP contribution is -2.65. The Morgan fingerprint density at radius 2 is 1.90 bits per heavy atom. The SMILES string of the molecule is CC(=O)NC12C[C@H]3C[C@@H](C1)CC(C(=O)Nc1nc(SCc4ccccc4)ns1)(C3)C2. The van der Waals surface area contributed by atoms with Crippen molar-refractivity contribution in [3.63, 3.8) is 0 Å². The summed E-state index contributed by atoms with van der Waals surface area (Å²) >= 11 is 2.82. The molecule has 30 heavy (non-hydrogen) atoms. The van der Waals surface area contributed by atoms with Crippen molar-refractivity contribution in [3.8, 4) is 0 Å². The van der Waals surface area contributed by atoms with Gasteiger partial charge in [0.1, 0.15) is 0 Å². The lowest BCUT2D eigenvalue weighted by molar-refractivity contribution is -0.148. The molecule has 6 nitrogen and oxygen atoms in total. The molecule has 4 aliphatic rings. The van der Waals surface area contributed by atoms with Gasteiger partial charge in [-0.05, 0) is 55.9 Å². The molecule has 4 aliphatic carbocycles. The molecular weight excluding hydrogens is 416 g/mol. The Kier molecular flexibility index (Phi) is 5.09. The van der Waals surface area contributed by atoms with Crippen LogP contribution in [0, 0.1) is 17.3 Å². The molecule has 4 saturated carbocycles. The Morgan fingerprint density at radius 3 is 2.60 bits per heavy atom. The number of aromatic nitrogens is 2. The van der Waals surface area contributed by atoms with Crippen LogP contribution in [0.2, 0.25) is 0 Å². The minimum absolute atomic E-state index is 0.0108. The Labute approximate surface area is 184 Å². The van der Waals surface area contributed by atoms with Gasteiger partial charge < -0.3 is 10.6 Å². The smallest absolute Gasteiger partial charge is 0.232 e. The number of benzene rings is 1. The topological polar surface area (TPSA) is 84.0 Å². The summed E-state index contributed by atoms with van der Waals surface area (Å²) < 4.78 is 4.41. The molecule has 4 fully saturated rings. The third-order valence-electron chi connectivity index (χ3n) is 6.82. The number of amides is 2. The molecule has 1 aromatic heterocycles. The first kappa shape index (κ1) is 20.0. The number of rotatable bonds is 6. The maximum absolute atomic E-state index is 13.4. The first-order valence-corrected chi connectivity index (χ1v) is 12.3. The minimum Gasteiger partial charge on any atom is -0.351 e. The van der Waals surface area contributed by atoms with E-state index >= 15 is 0 Å². The van der Waals surface area contributed by atoms with Crippen molar-refractivity contribution in [2.45, 2.75) is 61.9 Å². The van der Waals surface area contributed by atoms with E-state index in [-0.39, 0.29) is 17.4 Å². The first-order chi connectivity index (χ1) is 14.4. The van der Waals surface area contributed by atoms with E-state index in [0.29, 0.717) is 22.1 Å². The van der Waals surface area contributed by atoms with E-state index in [9.17, 15) is 9.59 Å². The molecule has 1 heterocycles. The second-order valence-electron chi connectivity index (χ2n) is 9.31. The van der Waals surface area contributed by atoms with Crippen molar-refractivity contribution in [1.82, 2.24) is 14.7 Å². The van der Waals surface area contributed by atoms with Crippen LogP contribution in [0.1, 0.15) is 51.0 Å². The van der Waals surface area contributed by atoms with Crippen LogP contribution in [-0.2, 0) is 15.3 Å². The summed E-state index contributed by atoms with van der Waals surface area (Å²) in [5, 5.41) is 7.55. The fraction of sp³-hybridized carbons (Fsp3) is 0.545. The summed E-state index contributed by atoms with van der Waals surface area (Å²) in [6.07, 6.45) is 5.80. The number of carbonyl (C=O) groups is 2. The molecule has 6 rings (SSSR count). The van der Waals surface area contributed by atoms with E-state index in [0.717, 1.165) is 37.9 Å². The van der Waals surface area contributed by atoms with Crippen molar-refractivity contribution < 1.29 is 9.59 Å². The Morgan fingerprint density at radius 1 is 1.17 bits per heavy atom. The average molecular weight is 443 g/mol. The molecule has 2 aromatic rings. The van der Waals surface area contributed by atoms with Crippen molar-refractivity contribution in [1.29, 1.82) is 0 Å². The van der Waals surface area contributed by atoms with E-state index in [1.807, 2.05) is 18.2 Å². The lowest BCUT2D eigenvalue weighted by atomic mass is 9.46. The highest BCUT2D eigenvalue weighted by Gasteiger charge is 2.61. The van der Waals surface area contributed by atoms with E-state index in [4.69, 9.17) is 0 Å². The largest absolute Gasteiger partial charge is 0.351 e. The third-order valence-corrected chi connectivity index (χ3v) is 8.49. The van der Waals surface area contributed by atoms with Crippen molar-refractivity contribution in [3.05, 3.63) is 35.9 Å². The molecule has 2 unspecified atom stereocenters. The summed E-state index contributed by atoms with van der Waals surface area (Å²) in [6, 6.07) is 10.2. The van der Waals surface area contributed by atoms with Crippen LogP contribution in [0.5, 0.6) is 0 Å². The number of thioether (sulfide) groups is 1. The average Bonchev–Trinajstić information content (AvgIpc) is 3.12. The van der Waals surface area contributed by atoms with Gasteiger partial charge in [0.15, 0.2) is 0 Å². The maximum atomic E-state index is 13.4. The van der Waals surface area contributed by atoms with Gasteiger partial charge in [-0.25, -0.2) is 0 Å². The number of carbonyl (C=O) groups excluding carboxylic acids is 2. The van der Waals surface area contributed by atoms with E-state index in [1.54, 1.807) is 18.7 Å². The van der Waals surface area contributed by atoms with Crippen LogP contribution in [0.15, 0.2) is 35.5 Å². The minimum atomic E-state index is -0.393. The number of nitrogens with one attached hydrogen (secondary N) is 2. The summed E-state index contributed by atoms with van der Waals surface area (Å²) in [6.45, 7) is 1.58. The van der Waals surface area contributed by atoms with Gasteiger partial charge >= 0.3 is 0 Å². The zero-order valence-electron chi connectivity index (χ0n) is 17.0. The summed E-state index contributed by atoms with van der Waals surface area (Å²) in [4.78, 5) is 29.7. The molecule has 8 heteroatoms. The zero-order chi connectivity index (χ0) is 20.8. The van der Waals surface area contributed by atoms with Crippen LogP contribution in [0.3, 0.4) is 0 Å². The van der Waals surface area contributed by atoms with Gasteiger partial charge in [0.05, 0.1) is 5.41 Å². The highest BCUT2D eigenvalue weighted by molar-refractivity contribution is 7.98. The molecule has 0 radical (unpaired) electrons. The summed E-state index contributed by atoms with van der Waals surface area (Å²) in [5.74, 6) is 1.92. The van der Waals surface area contributed by atoms with Gasteiger partial charge in [-0.3, -0.25) is 9.59 Å². The highest BCUT2D eigenvalue weighted by Crippen LogP contribution is 2.61. The molecule has 2 amide bonds. The van der Waals surface area contributed by atoms with E-state index in [1.165, 1.54) is 23.5 Å². The predicted molar refractivity (Wildman–Crippen MR) is 118 cm³/mol. The molecule has 0 spiro atoms. The fourth-order valence-electron chi connectivity index (χ4n) is 6.32. The number of hydrogen-bond donors (Lipinski definition) is 2. The van der Waals surface area contributed by atoms with Crippen LogP contribution < -0.4 is 10.6 Å². The number of hydrogen-bond acceptors (Lipinski definition) is 6. The standard InChI is InChI=1S/C22H26N4O2S2/c1-14(27)25-22-10-16-7-17(11-22)9-21(8-16,13-22)18(28)23-19-24-20(26-30-19)29-12-15-5-3-2-4-6-15/h2-6,16-17H,7-13H2,1H3,(H,25,27)(H,23,24,26,28)/t16-,17+,21?,22?. The van der Waals surface area contributed by atoms with Crippen molar-refractivity contribution >= 4 is 40.2 Å². The molecule has 158 valence electrons. The molecule has 4 atom stereocenters. The molecular formula is C22H26N4O2S2. The van der Waals surface area contributed by atoms with Gasteiger partial charge in [-0.2, -0.15) is 9.36 Å². The Hall–Kier alpha value is -1.93. The number of nitrogens with zero attached hydrogens (tertiary/aromatic N) is 2. The summed E-state index contributed by atoms with van der Waals surface area (Å²) in [5.41, 5.74) is 0.625. The van der Waals surface area contributed by atoms with Gasteiger partial charge in [-0.1, -0.05) is 42.1 Å². The van der Waals surface area contributed by atoms with Gasteiger partial charge in [0.25, 0.3) is 0 Å². The van der Waals surface area contributed by atoms with Crippen LogP contribution in [-0.4, -0.2) is 26.7 Å². The Bertz CT molecular complexity index is 947. The van der Waals surface area contributed by atoms with Crippen LogP contribution in [0.25, 0.3) is 0 Å². The Balaban J connectivity index is 1.26. The van der Waals surface area contributed by atoms with Gasteiger partial charge in [0.2, 0.25) is 22.1 Å². The monoisotopic (exact) mass is 442 g/mol. The highest BCUT2D eigenvalue weighted by atomic mass is 32.2. The second-order valence-corrected chi connectivity index (χ2v) is 11.0. The molecule has 4 bridgehead atoms. The van der Waals surface area contributed by atoms with Crippen LogP contribution in [0.4, 0.5) is 5.13 Å². The van der Waals surface area contributed by atoms with E-state index in [2.05, 4.69) is 32.1 Å². The predicted octanol–water partition coefficient (Wildman–Crippen LogP) is 4.24. The first-order valence-electron chi connectivity index (χ1n) is 10.5. The van der Waals surface area contributed by atoms with Crippen molar-refractivity contribution in [2.75, 3.05) is 5.32 Å². The number of anilines is 1.